The van der Waals surface area contributed by atoms with Crippen molar-refractivity contribution >= 4 is 28.9 Å². The maximum atomic E-state index is 12.6. The number of ether oxygens (including phenoxy) is 1. The number of aromatic nitrogens is 3. The molecule has 3 aromatic rings. The molecule has 1 atom stereocenters. The topological polar surface area (TPSA) is 94.1 Å². The maximum Gasteiger partial charge on any atom is 0.416 e. The van der Waals surface area contributed by atoms with Crippen LogP contribution in [0.2, 0.25) is 0 Å². The lowest BCUT2D eigenvalue weighted by atomic mass is 10.2. The second-order valence-corrected chi connectivity index (χ2v) is 6.58. The van der Waals surface area contributed by atoms with Crippen LogP contribution in [-0.4, -0.2) is 32.9 Å². The fraction of sp³-hybridized carbons (Fsp3) is 0.167. The summed E-state index contributed by atoms with van der Waals surface area (Å²) in [5, 5.41) is 4.26. The quantitative estimate of drug-likeness (QED) is 0.629. The average molecular weight is 422 g/mol. The number of carbonyl (C=O) groups is 2. The van der Waals surface area contributed by atoms with E-state index in [0.717, 1.165) is 35.6 Å². The van der Waals surface area contributed by atoms with Gasteiger partial charge in [0.15, 0.2) is 22.6 Å². The first-order chi connectivity index (χ1) is 13.7. The van der Waals surface area contributed by atoms with E-state index < -0.39 is 29.7 Å². The summed E-state index contributed by atoms with van der Waals surface area (Å²) >= 11 is 1.14. The van der Waals surface area contributed by atoms with Gasteiger partial charge in [-0.2, -0.15) is 13.2 Å². The molecule has 0 aliphatic carbocycles. The van der Waals surface area contributed by atoms with Crippen LogP contribution in [-0.2, 0) is 15.7 Å². The summed E-state index contributed by atoms with van der Waals surface area (Å²) in [7, 11) is 0. The number of hydrogen-bond donors (Lipinski definition) is 1. The van der Waals surface area contributed by atoms with Crippen LogP contribution in [0.4, 0.5) is 18.9 Å². The molecular formula is C18H13F3N4O3S. The zero-order valence-electron chi connectivity index (χ0n) is 14.8. The Morgan fingerprint density at radius 3 is 2.41 bits per heavy atom. The standard InChI is InChI=1S/C18H13F3N4O3S/c1-10(15(26)24-12-5-3-11(4-6-12)18(19,20)21)28-17(27)13-9-29-16(25-13)14-22-7-2-8-23-14/h2-10H,1H3,(H,24,26). The van der Waals surface area contributed by atoms with Crippen LogP contribution in [0, 0.1) is 0 Å². The average Bonchev–Trinajstić information content (AvgIpc) is 3.19. The van der Waals surface area contributed by atoms with Gasteiger partial charge in [-0.3, -0.25) is 4.79 Å². The van der Waals surface area contributed by atoms with Crippen molar-refractivity contribution in [1.82, 2.24) is 15.0 Å². The van der Waals surface area contributed by atoms with Gasteiger partial charge in [0.05, 0.1) is 5.56 Å². The number of carbonyl (C=O) groups excluding carboxylic acids is 2. The van der Waals surface area contributed by atoms with Gasteiger partial charge < -0.3 is 10.1 Å². The number of hydrogen-bond acceptors (Lipinski definition) is 7. The predicted octanol–water partition coefficient (Wildman–Crippen LogP) is 3.80. The van der Waals surface area contributed by atoms with Crippen LogP contribution < -0.4 is 5.32 Å². The summed E-state index contributed by atoms with van der Waals surface area (Å²) < 4.78 is 42.8. The van der Waals surface area contributed by atoms with Gasteiger partial charge in [-0.1, -0.05) is 0 Å². The monoisotopic (exact) mass is 422 g/mol. The lowest BCUT2D eigenvalue weighted by Crippen LogP contribution is -2.30. The van der Waals surface area contributed by atoms with Crippen molar-refractivity contribution in [2.45, 2.75) is 19.2 Å². The molecule has 3 rings (SSSR count). The Labute approximate surface area is 166 Å². The molecule has 0 aliphatic rings. The van der Waals surface area contributed by atoms with Gasteiger partial charge in [-0.25, -0.2) is 19.7 Å². The SMILES string of the molecule is CC(OC(=O)c1csc(-c2ncccn2)n1)C(=O)Nc1ccc(C(F)(F)F)cc1. The van der Waals surface area contributed by atoms with Crippen molar-refractivity contribution in [3.8, 4) is 10.8 Å². The Kier molecular flexibility index (Phi) is 5.87. The molecule has 0 fully saturated rings. The highest BCUT2D eigenvalue weighted by Gasteiger charge is 2.30. The molecule has 11 heteroatoms. The zero-order valence-corrected chi connectivity index (χ0v) is 15.6. The summed E-state index contributed by atoms with van der Waals surface area (Å²) in [6, 6.07) is 5.55. The summed E-state index contributed by atoms with van der Waals surface area (Å²) in [5.74, 6) is -1.16. The number of nitrogens with one attached hydrogen (secondary N) is 1. The van der Waals surface area contributed by atoms with Gasteiger partial charge in [0, 0.05) is 23.5 Å². The highest BCUT2D eigenvalue weighted by atomic mass is 32.1. The number of alkyl halides is 3. The minimum absolute atomic E-state index is 0.00775. The minimum atomic E-state index is -4.47. The molecule has 150 valence electrons. The number of anilines is 1. The van der Waals surface area contributed by atoms with Crippen molar-refractivity contribution in [2.24, 2.45) is 0 Å². The maximum absolute atomic E-state index is 12.6. The third kappa shape index (κ3) is 5.13. The minimum Gasteiger partial charge on any atom is -0.448 e. The predicted molar refractivity (Wildman–Crippen MR) is 98.1 cm³/mol. The second-order valence-electron chi connectivity index (χ2n) is 5.72. The van der Waals surface area contributed by atoms with Gasteiger partial charge in [0.2, 0.25) is 0 Å². The molecule has 1 amide bonds. The third-order valence-electron chi connectivity index (χ3n) is 3.60. The molecule has 1 unspecified atom stereocenters. The zero-order chi connectivity index (χ0) is 21.0. The molecule has 2 aromatic heterocycles. The molecule has 7 nitrogen and oxygen atoms in total. The van der Waals surface area contributed by atoms with E-state index in [0.29, 0.717) is 10.8 Å². The first-order valence-corrected chi connectivity index (χ1v) is 9.04. The van der Waals surface area contributed by atoms with Gasteiger partial charge in [-0.15, -0.1) is 11.3 Å². The largest absolute Gasteiger partial charge is 0.448 e. The number of thiazole rings is 1. The van der Waals surface area contributed by atoms with E-state index in [2.05, 4.69) is 20.3 Å². The third-order valence-corrected chi connectivity index (χ3v) is 4.44. The summed E-state index contributed by atoms with van der Waals surface area (Å²) in [5.41, 5.74) is -0.702. The van der Waals surface area contributed by atoms with Gasteiger partial charge >= 0.3 is 12.1 Å². The van der Waals surface area contributed by atoms with E-state index in [1.807, 2.05) is 0 Å². The summed E-state index contributed by atoms with van der Waals surface area (Å²) in [4.78, 5) is 36.5. The van der Waals surface area contributed by atoms with Crippen molar-refractivity contribution < 1.29 is 27.5 Å². The lowest BCUT2D eigenvalue weighted by molar-refractivity contribution is -0.137. The van der Waals surface area contributed by atoms with Crippen LogP contribution in [0.5, 0.6) is 0 Å². The van der Waals surface area contributed by atoms with Gasteiger partial charge in [0.25, 0.3) is 5.91 Å². The number of nitrogens with zero attached hydrogens (tertiary/aromatic N) is 3. The van der Waals surface area contributed by atoms with Gasteiger partial charge in [0.1, 0.15) is 0 Å². The van der Waals surface area contributed by atoms with E-state index in [-0.39, 0.29) is 11.4 Å². The van der Waals surface area contributed by atoms with Crippen LogP contribution in [0.3, 0.4) is 0 Å². The van der Waals surface area contributed by atoms with Crippen molar-refractivity contribution in [2.75, 3.05) is 5.32 Å². The van der Waals surface area contributed by atoms with E-state index in [1.54, 1.807) is 6.07 Å². The Hall–Kier alpha value is -3.34. The molecule has 0 bridgehead atoms. The Bertz CT molecular complexity index is 1010. The van der Waals surface area contributed by atoms with E-state index in [4.69, 9.17) is 4.74 Å². The Morgan fingerprint density at radius 2 is 1.79 bits per heavy atom. The van der Waals surface area contributed by atoms with Crippen LogP contribution in [0.1, 0.15) is 23.0 Å². The molecule has 0 saturated heterocycles. The van der Waals surface area contributed by atoms with Gasteiger partial charge in [-0.05, 0) is 37.3 Å². The summed E-state index contributed by atoms with van der Waals surface area (Å²) in [6.45, 7) is 1.34. The van der Waals surface area contributed by atoms with Crippen LogP contribution >= 0.6 is 11.3 Å². The smallest absolute Gasteiger partial charge is 0.416 e. The number of esters is 1. The molecule has 1 N–H and O–H groups in total. The molecule has 29 heavy (non-hydrogen) atoms. The van der Waals surface area contributed by atoms with Crippen LogP contribution in [0.15, 0.2) is 48.1 Å². The molecular weight excluding hydrogens is 409 g/mol. The first kappa shape index (κ1) is 20.4. The van der Waals surface area contributed by atoms with Crippen LogP contribution in [0.25, 0.3) is 10.8 Å². The normalized spacial score (nSPS) is 12.3. The van der Waals surface area contributed by atoms with Crippen molar-refractivity contribution in [1.29, 1.82) is 0 Å². The highest BCUT2D eigenvalue weighted by Crippen LogP contribution is 2.29. The number of halogens is 3. The van der Waals surface area contributed by atoms with E-state index >= 15 is 0 Å². The fourth-order valence-electron chi connectivity index (χ4n) is 2.14. The second kappa shape index (κ2) is 8.35. The molecule has 1 aromatic carbocycles. The lowest BCUT2D eigenvalue weighted by Gasteiger charge is -2.13. The fourth-order valence-corrected chi connectivity index (χ4v) is 2.87. The van der Waals surface area contributed by atoms with Crippen molar-refractivity contribution in [3.63, 3.8) is 0 Å². The van der Waals surface area contributed by atoms with E-state index in [9.17, 15) is 22.8 Å². The molecule has 0 radical (unpaired) electrons. The van der Waals surface area contributed by atoms with E-state index in [1.165, 1.54) is 24.7 Å². The number of benzene rings is 1. The molecule has 0 spiro atoms. The molecule has 0 saturated carbocycles. The Balaban J connectivity index is 1.59. The highest BCUT2D eigenvalue weighted by molar-refractivity contribution is 7.13. The first-order valence-electron chi connectivity index (χ1n) is 8.16. The number of rotatable bonds is 5. The number of amides is 1. The van der Waals surface area contributed by atoms with Crippen molar-refractivity contribution in [3.05, 3.63) is 59.4 Å². The Morgan fingerprint density at radius 1 is 1.14 bits per heavy atom. The summed E-state index contributed by atoms with van der Waals surface area (Å²) in [6.07, 6.45) is -2.59. The molecule has 2 heterocycles. The molecule has 0 aliphatic heterocycles.